The minimum atomic E-state index is -1.04. The lowest BCUT2D eigenvalue weighted by atomic mass is 9.63. The molecule has 4 heterocycles. The fourth-order valence-corrected chi connectivity index (χ4v) is 7.61. The van der Waals surface area contributed by atoms with Crippen LogP contribution in [0.5, 0.6) is 11.5 Å². The van der Waals surface area contributed by atoms with Crippen molar-refractivity contribution < 1.29 is 24.9 Å². The smallest absolute Gasteiger partial charge is 0.405 e. The van der Waals surface area contributed by atoms with Crippen molar-refractivity contribution in [1.29, 1.82) is 0 Å². The summed E-state index contributed by atoms with van der Waals surface area (Å²) in [5, 5.41) is 37.9. The Morgan fingerprint density at radius 1 is 0.979 bits per heavy atom. The molecular weight excluding hydrogens is 596 g/mol. The van der Waals surface area contributed by atoms with E-state index in [1.54, 1.807) is 12.1 Å². The third-order valence-corrected chi connectivity index (χ3v) is 9.91. The van der Waals surface area contributed by atoms with Crippen molar-refractivity contribution in [3.8, 4) is 11.5 Å². The van der Waals surface area contributed by atoms with Gasteiger partial charge >= 0.3 is 6.09 Å². The van der Waals surface area contributed by atoms with Crippen molar-refractivity contribution in [3.63, 3.8) is 0 Å². The Morgan fingerprint density at radius 3 is 2.51 bits per heavy atom. The van der Waals surface area contributed by atoms with Crippen molar-refractivity contribution in [1.82, 2.24) is 20.5 Å². The highest BCUT2D eigenvalue weighted by molar-refractivity contribution is 5.87. The third-order valence-electron chi connectivity index (χ3n) is 9.91. The van der Waals surface area contributed by atoms with E-state index in [1.165, 1.54) is 12.1 Å². The molecule has 3 aliphatic heterocycles. The summed E-state index contributed by atoms with van der Waals surface area (Å²) in [5.74, 6) is 1.22. The van der Waals surface area contributed by atoms with Crippen LogP contribution in [0.25, 0.3) is 10.9 Å². The number of benzene rings is 3. The van der Waals surface area contributed by atoms with Crippen molar-refractivity contribution >= 4 is 17.0 Å². The first kappa shape index (κ1) is 32.6. The second-order valence-electron chi connectivity index (χ2n) is 12.8. The van der Waals surface area contributed by atoms with Gasteiger partial charge in [-0.05, 0) is 98.6 Å². The number of hydrogen-bond donors (Lipinski definition) is 6. The zero-order chi connectivity index (χ0) is 32.8. The fourth-order valence-electron chi connectivity index (χ4n) is 7.61. The van der Waals surface area contributed by atoms with Gasteiger partial charge in [0.15, 0.2) is 0 Å². The van der Waals surface area contributed by atoms with Gasteiger partial charge in [-0.1, -0.05) is 48.5 Å². The van der Waals surface area contributed by atoms with Gasteiger partial charge < -0.3 is 40.6 Å². The number of nitrogens with zero attached hydrogens (tertiary/aromatic N) is 1. The number of rotatable bonds is 14. The summed E-state index contributed by atoms with van der Waals surface area (Å²) in [4.78, 5) is 29.2. The predicted molar refractivity (Wildman–Crippen MR) is 181 cm³/mol. The van der Waals surface area contributed by atoms with E-state index in [-0.39, 0.29) is 17.2 Å². The number of ether oxygens (including phenoxy) is 1. The molecule has 1 aromatic heterocycles. The van der Waals surface area contributed by atoms with Crippen LogP contribution in [-0.2, 0) is 5.54 Å². The molecule has 7 rings (SSSR count). The Morgan fingerprint density at radius 2 is 1.77 bits per heavy atom. The van der Waals surface area contributed by atoms with Crippen molar-refractivity contribution in [3.05, 3.63) is 106 Å². The van der Waals surface area contributed by atoms with E-state index in [1.807, 2.05) is 54.6 Å². The number of hydrogen-bond acceptors (Lipinski definition) is 7. The van der Waals surface area contributed by atoms with Gasteiger partial charge in [0.25, 0.3) is 0 Å². The maximum Gasteiger partial charge on any atom is 0.405 e. The topological polar surface area (TPSA) is 147 Å². The maximum atomic E-state index is 12.4. The summed E-state index contributed by atoms with van der Waals surface area (Å²) in [6.45, 7) is 4.58. The van der Waals surface area contributed by atoms with E-state index in [0.717, 1.165) is 75.2 Å². The summed E-state index contributed by atoms with van der Waals surface area (Å²) in [7, 11) is 0. The molecule has 3 aliphatic rings. The number of fused-ring (bicyclic) bond motifs is 4. The molecule has 0 spiro atoms. The Bertz CT molecular complexity index is 1720. The van der Waals surface area contributed by atoms with Crippen molar-refractivity contribution in [2.45, 2.75) is 43.7 Å². The molecule has 3 unspecified atom stereocenters. The van der Waals surface area contributed by atoms with E-state index in [0.29, 0.717) is 35.5 Å². The summed E-state index contributed by atoms with van der Waals surface area (Å²) >= 11 is 0. The Balaban J connectivity index is 1.04. The molecule has 3 fully saturated rings. The van der Waals surface area contributed by atoms with Crippen LogP contribution in [0.3, 0.4) is 0 Å². The molecular formula is C37H44N4O6. The van der Waals surface area contributed by atoms with E-state index in [2.05, 4.69) is 20.5 Å². The summed E-state index contributed by atoms with van der Waals surface area (Å²) in [6.07, 6.45) is 2.99. The van der Waals surface area contributed by atoms with Crippen LogP contribution in [0.1, 0.15) is 54.9 Å². The molecule has 2 bridgehead atoms. The number of aromatic hydroxyl groups is 1. The highest BCUT2D eigenvalue weighted by Gasteiger charge is 2.50. The van der Waals surface area contributed by atoms with Crippen LogP contribution < -0.4 is 20.9 Å². The number of unbranched alkanes of at least 4 members (excludes halogenated alkanes) is 2. The number of carboxylic acid groups (broad SMARTS) is 1. The number of nitrogens with one attached hydrogen (secondary N) is 3. The molecule has 0 radical (unpaired) electrons. The number of aliphatic hydroxyl groups is 1. The van der Waals surface area contributed by atoms with E-state index in [4.69, 9.17) is 4.74 Å². The summed E-state index contributed by atoms with van der Waals surface area (Å²) in [5.41, 5.74) is 1.61. The highest BCUT2D eigenvalue weighted by atomic mass is 16.5. The molecule has 4 aromatic rings. The van der Waals surface area contributed by atoms with Gasteiger partial charge in [0.1, 0.15) is 11.5 Å². The third kappa shape index (κ3) is 7.15. The number of aromatic nitrogens is 1. The number of amides is 1. The number of piperidine rings is 3. The van der Waals surface area contributed by atoms with Gasteiger partial charge in [-0.15, -0.1) is 0 Å². The molecule has 3 aromatic carbocycles. The maximum absolute atomic E-state index is 12.4. The predicted octanol–water partition coefficient (Wildman–Crippen LogP) is 4.96. The average molecular weight is 641 g/mol. The number of H-pyrrole nitrogens is 1. The van der Waals surface area contributed by atoms with E-state index >= 15 is 0 Å². The highest BCUT2D eigenvalue weighted by Crippen LogP contribution is 2.47. The lowest BCUT2D eigenvalue weighted by molar-refractivity contribution is 0.00716. The zero-order valence-electron chi connectivity index (χ0n) is 26.5. The summed E-state index contributed by atoms with van der Waals surface area (Å²) < 4.78 is 6.20. The molecule has 10 heteroatoms. The molecule has 0 saturated carbocycles. The Kier molecular flexibility index (Phi) is 10.1. The molecule has 47 heavy (non-hydrogen) atoms. The number of phenols is 1. The number of aliphatic hydroxyl groups excluding tert-OH is 1. The average Bonchev–Trinajstić information content (AvgIpc) is 3.09. The second-order valence-corrected chi connectivity index (χ2v) is 12.8. The largest absolute Gasteiger partial charge is 0.506 e. The Labute approximate surface area is 274 Å². The molecule has 0 aliphatic carbocycles. The molecule has 6 N–H and O–H groups in total. The summed E-state index contributed by atoms with van der Waals surface area (Å²) in [6, 6.07) is 24.0. The number of phenolic OH excluding ortho intramolecular Hbond substituents is 1. The first-order chi connectivity index (χ1) is 22.8. The van der Waals surface area contributed by atoms with Crippen molar-refractivity contribution in [2.75, 3.05) is 39.3 Å². The molecule has 3 atom stereocenters. The first-order valence-corrected chi connectivity index (χ1v) is 16.6. The number of aromatic amines is 1. The minimum Gasteiger partial charge on any atom is -0.506 e. The minimum absolute atomic E-state index is 0.0303. The van der Waals surface area contributed by atoms with Crippen LogP contribution >= 0.6 is 0 Å². The van der Waals surface area contributed by atoms with Crippen LogP contribution in [0.15, 0.2) is 83.7 Å². The molecule has 10 nitrogen and oxygen atoms in total. The lowest BCUT2D eigenvalue weighted by Gasteiger charge is -2.53. The van der Waals surface area contributed by atoms with Crippen LogP contribution in [-0.4, -0.2) is 70.6 Å². The molecule has 3 saturated heterocycles. The van der Waals surface area contributed by atoms with Gasteiger partial charge in [0.2, 0.25) is 5.56 Å². The lowest BCUT2D eigenvalue weighted by Crippen LogP contribution is -2.61. The van der Waals surface area contributed by atoms with Gasteiger partial charge in [-0.2, -0.15) is 0 Å². The molecule has 248 valence electrons. The van der Waals surface area contributed by atoms with Crippen LogP contribution in [0, 0.1) is 11.8 Å². The molecule has 1 amide bonds. The van der Waals surface area contributed by atoms with E-state index in [9.17, 15) is 24.9 Å². The monoisotopic (exact) mass is 640 g/mol. The normalized spacial score (nSPS) is 20.8. The number of carbonyl (C=O) groups is 1. The zero-order valence-corrected chi connectivity index (χ0v) is 26.5. The Hall–Kier alpha value is -4.38. The first-order valence-electron chi connectivity index (χ1n) is 16.6. The van der Waals surface area contributed by atoms with Gasteiger partial charge in [-0.3, -0.25) is 4.79 Å². The quantitative estimate of drug-likeness (QED) is 0.106. The van der Waals surface area contributed by atoms with Crippen LogP contribution in [0.4, 0.5) is 4.79 Å². The standard InChI is InChI=1S/C37H44N4O6/c42-32-14-12-29(30-13-15-34(44)39-35(30)32)33(43)23-38-18-5-2-6-21-47-28-11-7-10-27(22-28)37(40-36(45)46,26-8-3-1-4-9-26)31-24-41-19-16-25(31)17-20-41/h1,3-4,7-15,22,25,31,33,38,40,42-43H,2,5-6,16-21,23-24H2,(H,39,44)(H,45,46). The number of pyridine rings is 1. The van der Waals surface area contributed by atoms with E-state index < -0.39 is 17.7 Å². The van der Waals surface area contributed by atoms with Gasteiger partial charge in [0, 0.05) is 30.5 Å². The fraction of sp³-hybridized carbons (Fsp3) is 0.405. The van der Waals surface area contributed by atoms with Crippen molar-refractivity contribution in [2.24, 2.45) is 11.8 Å². The van der Waals surface area contributed by atoms with Gasteiger partial charge in [-0.25, -0.2) is 4.79 Å². The SMILES string of the molecule is O=C(O)NC(c1ccccc1)(c1cccc(OCCCCCNCC(O)c2ccc(O)c3[nH]c(=O)ccc23)c1)C1CN2CCC1CC2. The second kappa shape index (κ2) is 14.6. The van der Waals surface area contributed by atoms with Crippen LogP contribution in [0.2, 0.25) is 0 Å². The van der Waals surface area contributed by atoms with Gasteiger partial charge in [0.05, 0.1) is 23.8 Å².